The Labute approximate surface area is 342 Å². The highest BCUT2D eigenvalue weighted by Crippen LogP contribution is 2.43. The molecule has 4 unspecified atom stereocenters. The monoisotopic (exact) mass is 845 g/mol. The maximum atomic E-state index is 10.9. The first-order valence-corrected chi connectivity index (χ1v) is 27.5. The lowest BCUT2D eigenvalue weighted by molar-refractivity contribution is -0.134. The summed E-state index contributed by atoms with van der Waals surface area (Å²) < 4.78 is 9.96. The average Bonchev–Trinajstić information content (AvgIpc) is 3.81. The summed E-state index contributed by atoms with van der Waals surface area (Å²) in [6.45, 7) is 18.4. The molecule has 12 heteroatoms. The third-order valence-electron chi connectivity index (χ3n) is 7.31. The van der Waals surface area contributed by atoms with Gasteiger partial charge < -0.3 is 9.15 Å². The minimum absolute atomic E-state index is 0.192. The SMILES string of the molecule is CSSC(C1=CC(=O)OC1)C(C)C.CSSC(c1ccccc1)C(C)C.CSSC(c1ccncc1)C(C)C.CSSC(c1ccoc1)C(C)C. The van der Waals surface area contributed by atoms with E-state index in [0.717, 1.165) is 5.57 Å². The van der Waals surface area contributed by atoms with E-state index < -0.39 is 0 Å². The summed E-state index contributed by atoms with van der Waals surface area (Å²) in [5.41, 5.74) is 5.24. The Kier molecular flexibility index (Phi) is 27.7. The maximum Gasteiger partial charge on any atom is 0.331 e. The van der Waals surface area contributed by atoms with Gasteiger partial charge in [0.05, 0.1) is 12.5 Å². The van der Waals surface area contributed by atoms with Crippen molar-refractivity contribution in [3.05, 3.63) is 102 Å². The number of pyridine rings is 1. The summed E-state index contributed by atoms with van der Waals surface area (Å²) in [4.78, 5) is 14.9. The first-order valence-electron chi connectivity index (χ1n) is 17.0. The molecule has 3 heterocycles. The number of benzene rings is 1. The number of furan rings is 1. The molecule has 2 aromatic heterocycles. The van der Waals surface area contributed by atoms with Gasteiger partial charge in [0, 0.05) is 45.0 Å². The van der Waals surface area contributed by atoms with Crippen molar-refractivity contribution in [3.8, 4) is 0 Å². The normalized spacial score (nSPS) is 14.7. The van der Waals surface area contributed by atoms with Gasteiger partial charge in [-0.25, -0.2) is 4.79 Å². The molecule has 4 atom stereocenters. The van der Waals surface area contributed by atoms with E-state index in [4.69, 9.17) is 9.15 Å². The number of hydrogen-bond donors (Lipinski definition) is 0. The molecule has 286 valence electrons. The Morgan fingerprint density at radius 3 is 1.37 bits per heavy atom. The zero-order valence-electron chi connectivity index (χ0n) is 32.3. The number of rotatable bonds is 16. The molecule has 0 aliphatic carbocycles. The molecule has 51 heavy (non-hydrogen) atoms. The minimum atomic E-state index is -0.192. The Morgan fingerprint density at radius 1 is 0.569 bits per heavy atom. The van der Waals surface area contributed by atoms with Gasteiger partial charge in [0.25, 0.3) is 0 Å². The lowest BCUT2D eigenvalue weighted by Gasteiger charge is -2.19. The number of ether oxygens (including phenoxy) is 1. The highest BCUT2D eigenvalue weighted by molar-refractivity contribution is 8.77. The second-order valence-electron chi connectivity index (χ2n) is 12.8. The van der Waals surface area contributed by atoms with Crippen LogP contribution in [-0.2, 0) is 9.53 Å². The van der Waals surface area contributed by atoms with Crippen molar-refractivity contribution in [2.75, 3.05) is 31.6 Å². The summed E-state index contributed by atoms with van der Waals surface area (Å²) in [6.07, 6.45) is 17.4. The highest BCUT2D eigenvalue weighted by atomic mass is 33.1. The van der Waals surface area contributed by atoms with Crippen LogP contribution < -0.4 is 0 Å². The molecular weight excluding hydrogens is 787 g/mol. The fourth-order valence-electron chi connectivity index (χ4n) is 4.86. The Morgan fingerprint density at radius 2 is 1.00 bits per heavy atom. The van der Waals surface area contributed by atoms with Crippen LogP contribution in [0.15, 0.2) is 89.5 Å². The van der Waals surface area contributed by atoms with E-state index in [0.29, 0.717) is 51.3 Å². The quantitative estimate of drug-likeness (QED) is 0.102. The number of aromatic nitrogens is 1. The summed E-state index contributed by atoms with van der Waals surface area (Å²) in [6, 6.07) is 17.0. The van der Waals surface area contributed by atoms with Gasteiger partial charge in [-0.1, -0.05) is 172 Å². The van der Waals surface area contributed by atoms with Crippen molar-refractivity contribution in [2.45, 2.75) is 76.4 Å². The molecule has 0 N–H and O–H groups in total. The van der Waals surface area contributed by atoms with Crippen molar-refractivity contribution in [1.82, 2.24) is 4.98 Å². The van der Waals surface area contributed by atoms with Crippen LogP contribution in [0.5, 0.6) is 0 Å². The van der Waals surface area contributed by atoms with E-state index in [1.807, 2.05) is 89.5 Å². The zero-order chi connectivity index (χ0) is 38.2. The number of carbonyl (C=O) groups excluding carboxylic acids is 1. The van der Waals surface area contributed by atoms with Crippen molar-refractivity contribution < 1.29 is 13.9 Å². The first-order chi connectivity index (χ1) is 24.4. The average molecular weight is 846 g/mol. The maximum absolute atomic E-state index is 10.9. The van der Waals surface area contributed by atoms with Crippen LogP contribution >= 0.6 is 86.4 Å². The molecule has 0 saturated heterocycles. The van der Waals surface area contributed by atoms with E-state index in [1.165, 1.54) is 16.7 Å². The van der Waals surface area contributed by atoms with E-state index >= 15 is 0 Å². The second kappa shape index (κ2) is 29.0. The predicted molar refractivity (Wildman–Crippen MR) is 244 cm³/mol. The Bertz CT molecular complexity index is 1260. The third-order valence-corrected chi connectivity index (χ3v) is 17.0. The number of esters is 1. The topological polar surface area (TPSA) is 52.3 Å². The van der Waals surface area contributed by atoms with Crippen molar-refractivity contribution >= 4 is 92.3 Å². The zero-order valence-corrected chi connectivity index (χ0v) is 38.8. The predicted octanol–water partition coefficient (Wildman–Crippen LogP) is 14.7. The van der Waals surface area contributed by atoms with Gasteiger partial charge in [0.15, 0.2) is 0 Å². The molecular formula is C39H59NO3S8. The fraction of sp³-hybridized carbons (Fsp3) is 0.538. The van der Waals surface area contributed by atoms with E-state index in [-0.39, 0.29) is 5.97 Å². The van der Waals surface area contributed by atoms with Gasteiger partial charge in [-0.3, -0.25) is 4.98 Å². The van der Waals surface area contributed by atoms with E-state index in [9.17, 15) is 4.79 Å². The van der Waals surface area contributed by atoms with Crippen LogP contribution in [0.3, 0.4) is 0 Å². The van der Waals surface area contributed by atoms with Gasteiger partial charge in [-0.2, -0.15) is 0 Å². The fourth-order valence-corrected chi connectivity index (χ4v) is 14.1. The molecule has 3 aromatic rings. The number of nitrogens with zero attached hydrogens (tertiary/aromatic N) is 1. The van der Waals surface area contributed by atoms with Crippen LogP contribution in [-0.4, -0.2) is 47.8 Å². The van der Waals surface area contributed by atoms with Crippen LogP contribution in [0.1, 0.15) is 87.8 Å². The van der Waals surface area contributed by atoms with Crippen LogP contribution in [0, 0.1) is 23.7 Å². The molecule has 0 fully saturated rings. The standard InChI is InChI=1S/C11H16S2.C10H15NS2.C9H14O2S2.C9H14OS2/c1-9(2)11(13-12-3)10-7-5-4-6-8-10;1-8(2)10(13-12-3)9-4-6-11-7-5-9;1-6(2)9(13-12-3)7-4-8(10)11-5-7;1-7(2)9(12-11-3)8-4-5-10-6-8/h4-9,11H,1-3H3;4-8,10H,1-3H3;4,6,9H,5H2,1-3H3;4-7,9H,1-3H3. The Hall–Kier alpha value is -0.340. The van der Waals surface area contributed by atoms with Crippen molar-refractivity contribution in [3.63, 3.8) is 0 Å². The first kappa shape index (κ1) is 48.7. The van der Waals surface area contributed by atoms with Crippen LogP contribution in [0.2, 0.25) is 0 Å². The smallest absolute Gasteiger partial charge is 0.331 e. The Balaban J connectivity index is 0.000000340. The molecule has 1 aromatic carbocycles. The number of carbonyl (C=O) groups is 1. The molecule has 0 radical (unpaired) electrons. The molecule has 4 nitrogen and oxygen atoms in total. The molecule has 0 saturated carbocycles. The largest absolute Gasteiger partial charge is 0.472 e. The van der Waals surface area contributed by atoms with Gasteiger partial charge in [-0.05, 0) is 83.6 Å². The summed E-state index contributed by atoms with van der Waals surface area (Å²) in [5.74, 6) is 2.36. The summed E-state index contributed by atoms with van der Waals surface area (Å²) in [7, 11) is 14.8. The molecule has 1 aliphatic rings. The molecule has 0 amide bonds. The highest BCUT2D eigenvalue weighted by Gasteiger charge is 2.25. The van der Waals surface area contributed by atoms with Gasteiger partial charge in [0.2, 0.25) is 0 Å². The lowest BCUT2D eigenvalue weighted by Crippen LogP contribution is -2.14. The third kappa shape index (κ3) is 19.7. The van der Waals surface area contributed by atoms with Gasteiger partial charge in [0.1, 0.15) is 6.61 Å². The summed E-state index contributed by atoms with van der Waals surface area (Å²) >= 11 is 0. The van der Waals surface area contributed by atoms with E-state index in [2.05, 4.69) is 128 Å². The summed E-state index contributed by atoms with van der Waals surface area (Å²) in [5, 5.41) is 2.16. The van der Waals surface area contributed by atoms with Crippen LogP contribution in [0.25, 0.3) is 0 Å². The molecule has 4 rings (SSSR count). The minimum Gasteiger partial charge on any atom is -0.472 e. The van der Waals surface area contributed by atoms with Crippen molar-refractivity contribution in [1.29, 1.82) is 0 Å². The number of cyclic esters (lactones) is 1. The van der Waals surface area contributed by atoms with Gasteiger partial charge >= 0.3 is 5.97 Å². The molecule has 0 bridgehead atoms. The van der Waals surface area contributed by atoms with Crippen LogP contribution in [0.4, 0.5) is 0 Å². The lowest BCUT2D eigenvalue weighted by atomic mass is 10.0. The number of hydrogen-bond acceptors (Lipinski definition) is 12. The molecule has 0 spiro atoms. The second-order valence-corrected chi connectivity index (χ2v) is 23.2. The molecule has 1 aliphatic heterocycles. The van der Waals surface area contributed by atoms with Crippen molar-refractivity contribution in [2.24, 2.45) is 23.7 Å². The van der Waals surface area contributed by atoms with E-state index in [1.54, 1.807) is 33.9 Å². The van der Waals surface area contributed by atoms with Gasteiger partial charge in [-0.15, -0.1) is 0 Å².